The first-order valence-electron chi connectivity index (χ1n) is 5.18. The first kappa shape index (κ1) is 11.4. The predicted octanol–water partition coefficient (Wildman–Crippen LogP) is 1.74. The Bertz CT molecular complexity index is 188. The zero-order chi connectivity index (χ0) is 10.6. The van der Waals surface area contributed by atoms with Crippen LogP contribution in [-0.4, -0.2) is 28.5 Å². The standard InChI is InChI=1S/C10H17FO3/c11-8(10(13)14)9(12)7-5-3-1-2-4-6-7/h7-9,12H,1-6H2,(H,13,14). The highest BCUT2D eigenvalue weighted by Crippen LogP contribution is 2.27. The zero-order valence-corrected chi connectivity index (χ0v) is 8.16. The quantitative estimate of drug-likeness (QED) is 0.688. The average molecular weight is 204 g/mol. The van der Waals surface area contributed by atoms with Crippen LogP contribution in [0, 0.1) is 5.92 Å². The van der Waals surface area contributed by atoms with Crippen molar-refractivity contribution in [1.82, 2.24) is 0 Å². The Morgan fingerprint density at radius 3 is 2.14 bits per heavy atom. The SMILES string of the molecule is O=C(O)C(F)C(O)C1CCCCCC1. The van der Waals surface area contributed by atoms with Crippen molar-refractivity contribution in [3.63, 3.8) is 0 Å². The minimum Gasteiger partial charge on any atom is -0.479 e. The lowest BCUT2D eigenvalue weighted by molar-refractivity contribution is -0.149. The molecule has 0 amide bonds. The number of alkyl halides is 1. The molecular weight excluding hydrogens is 187 g/mol. The highest BCUT2D eigenvalue weighted by Gasteiger charge is 2.32. The van der Waals surface area contributed by atoms with Gasteiger partial charge in [0.2, 0.25) is 6.17 Å². The van der Waals surface area contributed by atoms with Gasteiger partial charge in [-0.2, -0.15) is 0 Å². The summed E-state index contributed by atoms with van der Waals surface area (Å²) in [6.07, 6.45) is 2.18. The molecule has 14 heavy (non-hydrogen) atoms. The minimum absolute atomic E-state index is 0.177. The van der Waals surface area contributed by atoms with Gasteiger partial charge in [0, 0.05) is 0 Å². The minimum atomic E-state index is -2.13. The normalized spacial score (nSPS) is 23.9. The number of aliphatic carboxylic acids is 1. The van der Waals surface area contributed by atoms with Crippen molar-refractivity contribution < 1.29 is 19.4 Å². The third kappa shape index (κ3) is 2.94. The lowest BCUT2D eigenvalue weighted by atomic mass is 9.91. The fourth-order valence-electron chi connectivity index (χ4n) is 2.04. The summed E-state index contributed by atoms with van der Waals surface area (Å²) in [5.74, 6) is -1.73. The maximum Gasteiger partial charge on any atom is 0.341 e. The van der Waals surface area contributed by atoms with Crippen LogP contribution in [0.3, 0.4) is 0 Å². The van der Waals surface area contributed by atoms with Gasteiger partial charge < -0.3 is 10.2 Å². The predicted molar refractivity (Wildman–Crippen MR) is 49.7 cm³/mol. The van der Waals surface area contributed by atoms with Crippen molar-refractivity contribution in [2.45, 2.75) is 50.8 Å². The second-order valence-electron chi connectivity index (χ2n) is 3.98. The van der Waals surface area contributed by atoms with Crippen molar-refractivity contribution in [1.29, 1.82) is 0 Å². The van der Waals surface area contributed by atoms with Gasteiger partial charge in [-0.15, -0.1) is 0 Å². The zero-order valence-electron chi connectivity index (χ0n) is 8.16. The second kappa shape index (κ2) is 5.29. The Morgan fingerprint density at radius 1 is 1.21 bits per heavy atom. The number of rotatable bonds is 3. The van der Waals surface area contributed by atoms with Gasteiger partial charge in [-0.1, -0.05) is 25.7 Å². The molecule has 3 nitrogen and oxygen atoms in total. The molecule has 1 rings (SSSR count). The molecule has 2 atom stereocenters. The topological polar surface area (TPSA) is 57.5 Å². The van der Waals surface area contributed by atoms with Gasteiger partial charge >= 0.3 is 5.97 Å². The van der Waals surface area contributed by atoms with Gasteiger partial charge in [-0.25, -0.2) is 9.18 Å². The number of aliphatic hydroxyl groups is 1. The summed E-state index contributed by atoms with van der Waals surface area (Å²) in [5.41, 5.74) is 0. The highest BCUT2D eigenvalue weighted by molar-refractivity contribution is 5.72. The van der Waals surface area contributed by atoms with Crippen LogP contribution in [0.2, 0.25) is 0 Å². The van der Waals surface area contributed by atoms with Crippen molar-refractivity contribution in [3.05, 3.63) is 0 Å². The van der Waals surface area contributed by atoms with E-state index in [0.717, 1.165) is 38.5 Å². The number of carboxylic acid groups (broad SMARTS) is 1. The number of carboxylic acids is 1. The first-order valence-corrected chi connectivity index (χ1v) is 5.18. The third-order valence-electron chi connectivity index (χ3n) is 2.92. The molecule has 0 bridgehead atoms. The van der Waals surface area contributed by atoms with E-state index in [-0.39, 0.29) is 5.92 Å². The van der Waals surface area contributed by atoms with E-state index in [4.69, 9.17) is 5.11 Å². The summed E-state index contributed by atoms with van der Waals surface area (Å²) in [7, 11) is 0. The lowest BCUT2D eigenvalue weighted by Gasteiger charge is -2.21. The monoisotopic (exact) mass is 204 g/mol. The number of halogens is 1. The molecular formula is C10H17FO3. The Hall–Kier alpha value is -0.640. The van der Waals surface area contributed by atoms with Gasteiger partial charge in [0.05, 0.1) is 6.10 Å². The number of carbonyl (C=O) groups is 1. The maximum atomic E-state index is 13.0. The molecule has 1 aliphatic rings. The molecule has 0 heterocycles. The smallest absolute Gasteiger partial charge is 0.341 e. The summed E-state index contributed by atoms with van der Waals surface area (Å²) in [4.78, 5) is 10.3. The van der Waals surface area contributed by atoms with Gasteiger partial charge in [-0.05, 0) is 18.8 Å². The fraction of sp³-hybridized carbons (Fsp3) is 0.900. The van der Waals surface area contributed by atoms with E-state index in [1.807, 2.05) is 0 Å². The molecule has 1 aliphatic carbocycles. The summed E-state index contributed by atoms with van der Waals surface area (Å²) >= 11 is 0. The molecule has 0 aromatic rings. The molecule has 1 fully saturated rings. The Kier molecular flexibility index (Phi) is 4.32. The highest BCUT2D eigenvalue weighted by atomic mass is 19.1. The number of aliphatic hydroxyl groups excluding tert-OH is 1. The van der Waals surface area contributed by atoms with Crippen molar-refractivity contribution in [3.8, 4) is 0 Å². The van der Waals surface area contributed by atoms with E-state index in [0.29, 0.717) is 0 Å². The van der Waals surface area contributed by atoms with Gasteiger partial charge in [0.1, 0.15) is 0 Å². The molecule has 2 unspecified atom stereocenters. The van der Waals surface area contributed by atoms with E-state index >= 15 is 0 Å². The summed E-state index contributed by atoms with van der Waals surface area (Å²) in [5, 5.41) is 17.9. The number of hydrogen-bond donors (Lipinski definition) is 2. The van der Waals surface area contributed by atoms with Crippen LogP contribution >= 0.6 is 0 Å². The molecule has 0 spiro atoms. The fourth-order valence-corrected chi connectivity index (χ4v) is 2.04. The van der Waals surface area contributed by atoms with Crippen LogP contribution in [0.15, 0.2) is 0 Å². The Balaban J connectivity index is 2.48. The molecule has 0 aliphatic heterocycles. The summed E-state index contributed by atoms with van der Waals surface area (Å²) in [6.45, 7) is 0. The largest absolute Gasteiger partial charge is 0.479 e. The lowest BCUT2D eigenvalue weighted by Crippen LogP contribution is -2.36. The van der Waals surface area contributed by atoms with E-state index in [9.17, 15) is 14.3 Å². The third-order valence-corrected chi connectivity index (χ3v) is 2.92. The van der Waals surface area contributed by atoms with E-state index in [1.54, 1.807) is 0 Å². The van der Waals surface area contributed by atoms with Crippen molar-refractivity contribution >= 4 is 5.97 Å². The second-order valence-corrected chi connectivity index (χ2v) is 3.98. The molecule has 0 aromatic carbocycles. The van der Waals surface area contributed by atoms with Crippen LogP contribution in [0.5, 0.6) is 0 Å². The van der Waals surface area contributed by atoms with E-state index in [1.165, 1.54) is 0 Å². The van der Waals surface area contributed by atoms with Gasteiger partial charge in [0.25, 0.3) is 0 Å². The summed E-state index contributed by atoms with van der Waals surface area (Å²) in [6, 6.07) is 0. The molecule has 0 aromatic heterocycles. The van der Waals surface area contributed by atoms with Crippen molar-refractivity contribution in [2.75, 3.05) is 0 Å². The Morgan fingerprint density at radius 2 is 1.71 bits per heavy atom. The van der Waals surface area contributed by atoms with E-state index < -0.39 is 18.2 Å². The summed E-state index contributed by atoms with van der Waals surface area (Å²) < 4.78 is 13.0. The number of hydrogen-bond acceptors (Lipinski definition) is 2. The Labute approximate surface area is 82.9 Å². The van der Waals surface area contributed by atoms with Crippen LogP contribution in [0.4, 0.5) is 4.39 Å². The van der Waals surface area contributed by atoms with Crippen LogP contribution in [-0.2, 0) is 4.79 Å². The van der Waals surface area contributed by atoms with Gasteiger partial charge in [-0.3, -0.25) is 0 Å². The molecule has 1 saturated carbocycles. The van der Waals surface area contributed by atoms with Crippen LogP contribution < -0.4 is 0 Å². The molecule has 2 N–H and O–H groups in total. The molecule has 0 radical (unpaired) electrons. The van der Waals surface area contributed by atoms with Crippen LogP contribution in [0.1, 0.15) is 38.5 Å². The molecule has 4 heteroatoms. The van der Waals surface area contributed by atoms with Crippen molar-refractivity contribution in [2.24, 2.45) is 5.92 Å². The molecule has 0 saturated heterocycles. The average Bonchev–Trinajstić information content (AvgIpc) is 2.43. The molecule has 82 valence electrons. The van der Waals surface area contributed by atoms with E-state index in [2.05, 4.69) is 0 Å². The van der Waals surface area contributed by atoms with Crippen LogP contribution in [0.25, 0.3) is 0 Å². The van der Waals surface area contributed by atoms with Gasteiger partial charge in [0.15, 0.2) is 0 Å². The first-order chi connectivity index (χ1) is 6.63. The maximum absolute atomic E-state index is 13.0.